The standard InChI is InChI=1S/C20H18ClN3O3/c1-2-13-24-19(25)12-11-17(23-24)20(26)22-14-7-9-15(10-8-14)27-18-6-4-3-5-16(18)21/h3-12H,2,13H2,1H3,(H,22,26). The number of aryl methyl sites for hydroxylation is 1. The molecular formula is C20H18ClN3O3. The summed E-state index contributed by atoms with van der Waals surface area (Å²) in [6.07, 6.45) is 0.755. The first kappa shape index (κ1) is 18.7. The van der Waals surface area contributed by atoms with E-state index in [1.165, 1.54) is 16.8 Å². The molecule has 6 nitrogen and oxygen atoms in total. The van der Waals surface area contributed by atoms with E-state index in [4.69, 9.17) is 16.3 Å². The molecule has 2 aromatic carbocycles. The molecule has 0 saturated carbocycles. The van der Waals surface area contributed by atoms with Gasteiger partial charge in [-0.3, -0.25) is 9.59 Å². The Balaban J connectivity index is 1.69. The van der Waals surface area contributed by atoms with Gasteiger partial charge in [-0.2, -0.15) is 5.10 Å². The molecule has 0 radical (unpaired) electrons. The largest absolute Gasteiger partial charge is 0.456 e. The second-order valence-electron chi connectivity index (χ2n) is 5.79. The first-order valence-electron chi connectivity index (χ1n) is 8.49. The summed E-state index contributed by atoms with van der Waals surface area (Å²) in [6.45, 7) is 2.40. The van der Waals surface area contributed by atoms with Crippen molar-refractivity contribution in [2.24, 2.45) is 0 Å². The van der Waals surface area contributed by atoms with Crippen LogP contribution < -0.4 is 15.6 Å². The Labute approximate surface area is 161 Å². The minimum Gasteiger partial charge on any atom is -0.456 e. The van der Waals surface area contributed by atoms with Gasteiger partial charge in [0.2, 0.25) is 0 Å². The summed E-state index contributed by atoms with van der Waals surface area (Å²) in [7, 11) is 0. The molecule has 0 spiro atoms. The highest BCUT2D eigenvalue weighted by atomic mass is 35.5. The Morgan fingerprint density at radius 3 is 2.56 bits per heavy atom. The number of amides is 1. The molecule has 1 amide bonds. The molecule has 0 aliphatic heterocycles. The van der Waals surface area contributed by atoms with Crippen molar-refractivity contribution in [3.8, 4) is 11.5 Å². The predicted molar refractivity (Wildman–Crippen MR) is 105 cm³/mol. The molecule has 3 rings (SSSR count). The maximum atomic E-state index is 12.4. The summed E-state index contributed by atoms with van der Waals surface area (Å²) in [5, 5.41) is 7.36. The van der Waals surface area contributed by atoms with E-state index in [0.717, 1.165) is 6.42 Å². The smallest absolute Gasteiger partial charge is 0.276 e. The Bertz CT molecular complexity index is 1000. The van der Waals surface area contributed by atoms with Crippen LogP contribution in [0.1, 0.15) is 23.8 Å². The lowest BCUT2D eigenvalue weighted by Crippen LogP contribution is -2.26. The summed E-state index contributed by atoms with van der Waals surface area (Å²) in [6, 6.07) is 16.8. The molecule has 0 aliphatic rings. The first-order chi connectivity index (χ1) is 13.1. The minimum atomic E-state index is -0.389. The van der Waals surface area contributed by atoms with Gasteiger partial charge in [0.1, 0.15) is 17.2 Å². The zero-order chi connectivity index (χ0) is 19.2. The molecule has 7 heteroatoms. The van der Waals surface area contributed by atoms with Gasteiger partial charge in [-0.15, -0.1) is 0 Å². The molecule has 27 heavy (non-hydrogen) atoms. The normalized spacial score (nSPS) is 10.4. The van der Waals surface area contributed by atoms with Gasteiger partial charge in [-0.25, -0.2) is 4.68 Å². The van der Waals surface area contributed by atoms with Gasteiger partial charge in [0.15, 0.2) is 0 Å². The van der Waals surface area contributed by atoms with Crippen LogP contribution in [0.2, 0.25) is 5.02 Å². The van der Waals surface area contributed by atoms with E-state index in [0.29, 0.717) is 28.8 Å². The number of carbonyl (C=O) groups is 1. The highest BCUT2D eigenvalue weighted by Crippen LogP contribution is 2.29. The molecule has 138 valence electrons. The van der Waals surface area contributed by atoms with Crippen LogP contribution >= 0.6 is 11.6 Å². The molecule has 0 saturated heterocycles. The SMILES string of the molecule is CCCn1nc(C(=O)Nc2ccc(Oc3ccccc3Cl)cc2)ccc1=O. The molecule has 1 aromatic heterocycles. The fraction of sp³-hybridized carbons (Fsp3) is 0.150. The number of hydrogen-bond acceptors (Lipinski definition) is 4. The highest BCUT2D eigenvalue weighted by molar-refractivity contribution is 6.32. The van der Waals surface area contributed by atoms with E-state index < -0.39 is 0 Å². The van der Waals surface area contributed by atoms with Crippen LogP contribution in [0.5, 0.6) is 11.5 Å². The lowest BCUT2D eigenvalue weighted by Gasteiger charge is -2.09. The number of carbonyl (C=O) groups excluding carboxylic acids is 1. The Hall–Kier alpha value is -3.12. The number of nitrogens with zero attached hydrogens (tertiary/aromatic N) is 2. The van der Waals surface area contributed by atoms with E-state index in [9.17, 15) is 9.59 Å². The van der Waals surface area contributed by atoms with Gasteiger partial charge in [0.05, 0.1) is 5.02 Å². The van der Waals surface area contributed by atoms with Crippen molar-refractivity contribution in [2.75, 3.05) is 5.32 Å². The van der Waals surface area contributed by atoms with Gasteiger partial charge in [-0.1, -0.05) is 30.7 Å². The molecule has 0 bridgehead atoms. The number of hydrogen-bond donors (Lipinski definition) is 1. The molecule has 0 aliphatic carbocycles. The van der Waals surface area contributed by atoms with Crippen LogP contribution in [-0.4, -0.2) is 15.7 Å². The van der Waals surface area contributed by atoms with Crippen LogP contribution in [0.15, 0.2) is 65.5 Å². The van der Waals surface area contributed by atoms with E-state index >= 15 is 0 Å². The second kappa shape index (κ2) is 8.51. The van der Waals surface area contributed by atoms with Crippen LogP contribution in [-0.2, 0) is 6.54 Å². The zero-order valence-electron chi connectivity index (χ0n) is 14.7. The van der Waals surface area contributed by atoms with Crippen LogP contribution in [0.25, 0.3) is 0 Å². The number of para-hydroxylation sites is 1. The number of ether oxygens (including phenoxy) is 1. The third kappa shape index (κ3) is 4.74. The van der Waals surface area contributed by atoms with Gasteiger partial charge < -0.3 is 10.1 Å². The Kier molecular flexibility index (Phi) is 5.88. The fourth-order valence-electron chi connectivity index (χ4n) is 2.40. The van der Waals surface area contributed by atoms with Gasteiger partial charge >= 0.3 is 0 Å². The average Bonchev–Trinajstić information content (AvgIpc) is 2.67. The average molecular weight is 384 g/mol. The summed E-state index contributed by atoms with van der Waals surface area (Å²) < 4.78 is 7.00. The van der Waals surface area contributed by atoms with Gasteiger partial charge in [-0.05, 0) is 48.9 Å². The van der Waals surface area contributed by atoms with Crippen LogP contribution in [0.4, 0.5) is 5.69 Å². The number of anilines is 1. The minimum absolute atomic E-state index is 0.180. The zero-order valence-corrected chi connectivity index (χ0v) is 15.4. The highest BCUT2D eigenvalue weighted by Gasteiger charge is 2.10. The van der Waals surface area contributed by atoms with Crippen molar-refractivity contribution >= 4 is 23.2 Å². The van der Waals surface area contributed by atoms with E-state index in [2.05, 4.69) is 10.4 Å². The Morgan fingerprint density at radius 2 is 1.85 bits per heavy atom. The molecule has 1 heterocycles. The van der Waals surface area contributed by atoms with Crippen molar-refractivity contribution in [2.45, 2.75) is 19.9 Å². The summed E-state index contributed by atoms with van der Waals surface area (Å²) in [4.78, 5) is 24.1. The van der Waals surface area contributed by atoms with Crippen LogP contribution in [0, 0.1) is 0 Å². The van der Waals surface area contributed by atoms with E-state index in [1.807, 2.05) is 19.1 Å². The molecule has 3 aromatic rings. The number of aromatic nitrogens is 2. The number of benzene rings is 2. The third-order valence-corrected chi connectivity index (χ3v) is 4.02. The number of rotatable bonds is 6. The quantitative estimate of drug-likeness (QED) is 0.686. The Morgan fingerprint density at radius 1 is 1.11 bits per heavy atom. The van der Waals surface area contributed by atoms with Crippen molar-refractivity contribution in [1.29, 1.82) is 0 Å². The molecule has 0 unspecified atom stereocenters. The van der Waals surface area contributed by atoms with E-state index in [-0.39, 0.29) is 17.2 Å². The fourth-order valence-corrected chi connectivity index (χ4v) is 2.57. The number of nitrogens with one attached hydrogen (secondary N) is 1. The van der Waals surface area contributed by atoms with Gasteiger partial charge in [0.25, 0.3) is 11.5 Å². The van der Waals surface area contributed by atoms with Gasteiger partial charge in [0, 0.05) is 18.3 Å². The van der Waals surface area contributed by atoms with Crippen molar-refractivity contribution in [3.63, 3.8) is 0 Å². The topological polar surface area (TPSA) is 73.2 Å². The molecule has 0 atom stereocenters. The lowest BCUT2D eigenvalue weighted by molar-refractivity contribution is 0.101. The maximum absolute atomic E-state index is 12.4. The summed E-state index contributed by atoms with van der Waals surface area (Å²) in [5.74, 6) is 0.758. The van der Waals surface area contributed by atoms with Crippen molar-refractivity contribution in [3.05, 3.63) is 81.7 Å². The van der Waals surface area contributed by atoms with E-state index in [1.54, 1.807) is 36.4 Å². The maximum Gasteiger partial charge on any atom is 0.276 e. The molecular weight excluding hydrogens is 366 g/mol. The molecule has 1 N–H and O–H groups in total. The predicted octanol–water partition coefficient (Wildman–Crippen LogP) is 4.35. The lowest BCUT2D eigenvalue weighted by atomic mass is 10.2. The first-order valence-corrected chi connectivity index (χ1v) is 8.86. The number of halogens is 1. The molecule has 0 fully saturated rings. The second-order valence-corrected chi connectivity index (χ2v) is 6.20. The summed E-state index contributed by atoms with van der Waals surface area (Å²) >= 11 is 6.08. The summed E-state index contributed by atoms with van der Waals surface area (Å²) in [5.41, 5.74) is 0.537. The monoisotopic (exact) mass is 383 g/mol. The third-order valence-electron chi connectivity index (χ3n) is 3.71. The van der Waals surface area contributed by atoms with Crippen molar-refractivity contribution in [1.82, 2.24) is 9.78 Å². The van der Waals surface area contributed by atoms with Crippen molar-refractivity contribution < 1.29 is 9.53 Å². The van der Waals surface area contributed by atoms with Crippen LogP contribution in [0.3, 0.4) is 0 Å².